The summed E-state index contributed by atoms with van der Waals surface area (Å²) < 4.78 is 4.91. The molecule has 0 saturated heterocycles. The third-order valence-corrected chi connectivity index (χ3v) is 3.31. The fraction of sp³-hybridized carbons (Fsp3) is 0.333. The molecule has 0 aliphatic heterocycles. The van der Waals surface area contributed by atoms with Gasteiger partial charge in [0.25, 0.3) is 0 Å². The topological polar surface area (TPSA) is 43.4 Å². The van der Waals surface area contributed by atoms with E-state index in [4.69, 9.17) is 4.74 Å². The number of Topliss-reactive ketones (excluding diaryl/α,β-unsaturated/α-hetero) is 1. The maximum Gasteiger partial charge on any atom is 0.339 e. The van der Waals surface area contributed by atoms with Gasteiger partial charge in [-0.1, -0.05) is 28.1 Å². The molecular weight excluding hydrogens is 304 g/mol. The number of halogens is 1. The van der Waals surface area contributed by atoms with Crippen LogP contribution in [0.25, 0.3) is 0 Å². The van der Waals surface area contributed by atoms with E-state index in [2.05, 4.69) is 28.6 Å². The zero-order chi connectivity index (χ0) is 12.8. The van der Waals surface area contributed by atoms with E-state index < -0.39 is 5.97 Å². The normalized spacial score (nSPS) is 10.1. The third kappa shape index (κ3) is 3.85. The van der Waals surface area contributed by atoms with Crippen LogP contribution >= 0.6 is 28.6 Å². The van der Waals surface area contributed by atoms with Crippen LogP contribution in [-0.2, 0) is 16.0 Å². The monoisotopic (exact) mass is 316 g/mol. The van der Waals surface area contributed by atoms with Gasteiger partial charge in [0.1, 0.15) is 5.78 Å². The van der Waals surface area contributed by atoms with E-state index in [-0.39, 0.29) is 12.2 Å². The lowest BCUT2D eigenvalue weighted by atomic mass is 10.1. The summed E-state index contributed by atoms with van der Waals surface area (Å²) in [5.74, 6) is -0.369. The summed E-state index contributed by atoms with van der Waals surface area (Å²) in [5, 5.41) is 0.295. The molecule has 1 aromatic rings. The van der Waals surface area contributed by atoms with E-state index >= 15 is 0 Å². The predicted molar refractivity (Wildman–Crippen MR) is 72.2 cm³/mol. The Kier molecular flexibility index (Phi) is 5.71. The molecule has 92 valence electrons. The standard InChI is InChI=1S/C12H13BrO3S/c1-2-16-12(15)10-5-3-4-8(11(10)17)6-9(14)7-13/h3-5,17H,2,6-7H2,1H3. The lowest BCUT2D eigenvalue weighted by Crippen LogP contribution is -2.09. The minimum Gasteiger partial charge on any atom is -0.462 e. The molecule has 0 saturated carbocycles. The van der Waals surface area contributed by atoms with Crippen LogP contribution in [0.2, 0.25) is 0 Å². The van der Waals surface area contributed by atoms with E-state index in [9.17, 15) is 9.59 Å². The second-order valence-electron chi connectivity index (χ2n) is 3.38. The van der Waals surface area contributed by atoms with E-state index in [0.717, 1.165) is 5.56 Å². The average Bonchev–Trinajstić information content (AvgIpc) is 2.32. The van der Waals surface area contributed by atoms with Gasteiger partial charge in [0.15, 0.2) is 0 Å². The Morgan fingerprint density at radius 2 is 2.12 bits per heavy atom. The lowest BCUT2D eigenvalue weighted by molar-refractivity contribution is -0.115. The maximum absolute atomic E-state index is 11.6. The first-order chi connectivity index (χ1) is 8.10. The zero-order valence-electron chi connectivity index (χ0n) is 9.40. The first-order valence-electron chi connectivity index (χ1n) is 5.15. The predicted octanol–water partition coefficient (Wildman–Crippen LogP) is 2.66. The molecule has 17 heavy (non-hydrogen) atoms. The molecule has 0 unspecified atom stereocenters. The van der Waals surface area contributed by atoms with Crippen LogP contribution in [0, 0.1) is 0 Å². The molecule has 0 aromatic heterocycles. The largest absolute Gasteiger partial charge is 0.462 e. The van der Waals surface area contributed by atoms with Gasteiger partial charge in [-0.25, -0.2) is 4.79 Å². The second-order valence-corrected chi connectivity index (χ2v) is 4.39. The Morgan fingerprint density at radius 3 is 2.71 bits per heavy atom. The van der Waals surface area contributed by atoms with Gasteiger partial charge in [0.05, 0.1) is 17.5 Å². The van der Waals surface area contributed by atoms with E-state index in [1.54, 1.807) is 25.1 Å². The van der Waals surface area contributed by atoms with Crippen LogP contribution < -0.4 is 0 Å². The molecule has 1 rings (SSSR count). The number of carbonyl (C=O) groups excluding carboxylic acids is 2. The van der Waals surface area contributed by atoms with Crippen molar-refractivity contribution in [3.05, 3.63) is 29.3 Å². The summed E-state index contributed by atoms with van der Waals surface area (Å²) >= 11 is 7.39. The Labute approximate surface area is 114 Å². The van der Waals surface area contributed by atoms with Crippen LogP contribution in [0.15, 0.2) is 23.1 Å². The minimum atomic E-state index is -0.411. The molecular formula is C12H13BrO3S. The molecule has 0 bridgehead atoms. The van der Waals surface area contributed by atoms with Gasteiger partial charge in [-0.3, -0.25) is 4.79 Å². The quantitative estimate of drug-likeness (QED) is 0.516. The van der Waals surface area contributed by atoms with Crippen molar-refractivity contribution in [2.75, 3.05) is 11.9 Å². The number of rotatable bonds is 5. The van der Waals surface area contributed by atoms with Crippen molar-refractivity contribution in [1.82, 2.24) is 0 Å². The molecule has 0 atom stereocenters. The molecule has 5 heteroatoms. The number of alkyl halides is 1. The Morgan fingerprint density at radius 1 is 1.41 bits per heavy atom. The highest BCUT2D eigenvalue weighted by Gasteiger charge is 2.14. The van der Waals surface area contributed by atoms with Gasteiger partial charge in [0.2, 0.25) is 0 Å². The first-order valence-corrected chi connectivity index (χ1v) is 6.72. The number of esters is 1. The molecule has 0 heterocycles. The molecule has 0 fully saturated rings. The summed E-state index contributed by atoms with van der Waals surface area (Å²) in [5.41, 5.74) is 1.14. The van der Waals surface area contributed by atoms with Crippen molar-refractivity contribution < 1.29 is 14.3 Å². The van der Waals surface area contributed by atoms with Crippen LogP contribution in [0.5, 0.6) is 0 Å². The van der Waals surface area contributed by atoms with Crippen molar-refractivity contribution >= 4 is 40.3 Å². The van der Waals surface area contributed by atoms with Gasteiger partial charge in [-0.05, 0) is 18.6 Å². The van der Waals surface area contributed by atoms with Crippen LogP contribution in [0.1, 0.15) is 22.8 Å². The molecule has 3 nitrogen and oxygen atoms in total. The van der Waals surface area contributed by atoms with Crippen molar-refractivity contribution in [2.24, 2.45) is 0 Å². The molecule has 0 amide bonds. The van der Waals surface area contributed by atoms with E-state index in [0.29, 0.717) is 22.4 Å². The van der Waals surface area contributed by atoms with Crippen molar-refractivity contribution in [3.63, 3.8) is 0 Å². The smallest absolute Gasteiger partial charge is 0.339 e. The molecule has 0 spiro atoms. The number of hydrogen-bond acceptors (Lipinski definition) is 4. The van der Waals surface area contributed by atoms with Crippen molar-refractivity contribution in [1.29, 1.82) is 0 Å². The van der Waals surface area contributed by atoms with Crippen LogP contribution in [0.4, 0.5) is 0 Å². The van der Waals surface area contributed by atoms with E-state index in [1.807, 2.05) is 0 Å². The number of thiol groups is 1. The molecule has 0 aliphatic rings. The average molecular weight is 317 g/mol. The summed E-state index contributed by atoms with van der Waals surface area (Å²) in [6.45, 7) is 2.06. The maximum atomic E-state index is 11.6. The number of ketones is 1. The fourth-order valence-corrected chi connectivity index (χ4v) is 1.88. The summed E-state index contributed by atoms with van der Waals surface area (Å²) in [4.78, 5) is 23.5. The van der Waals surface area contributed by atoms with Crippen LogP contribution in [0.3, 0.4) is 0 Å². The third-order valence-electron chi connectivity index (χ3n) is 2.15. The van der Waals surface area contributed by atoms with Crippen molar-refractivity contribution in [2.45, 2.75) is 18.2 Å². The highest BCUT2D eigenvalue weighted by molar-refractivity contribution is 9.09. The Bertz CT molecular complexity index is 432. The highest BCUT2D eigenvalue weighted by atomic mass is 79.9. The van der Waals surface area contributed by atoms with Gasteiger partial charge < -0.3 is 4.74 Å². The lowest BCUT2D eigenvalue weighted by Gasteiger charge is -2.08. The Balaban J connectivity index is 2.98. The van der Waals surface area contributed by atoms with Gasteiger partial charge in [-0.2, -0.15) is 0 Å². The summed E-state index contributed by atoms with van der Waals surface area (Å²) in [6.07, 6.45) is 0.261. The highest BCUT2D eigenvalue weighted by Crippen LogP contribution is 2.21. The van der Waals surface area contributed by atoms with Gasteiger partial charge >= 0.3 is 5.97 Å². The summed E-state index contributed by atoms with van der Waals surface area (Å²) in [7, 11) is 0. The molecule has 1 aromatic carbocycles. The SMILES string of the molecule is CCOC(=O)c1cccc(CC(=O)CBr)c1S. The summed E-state index contributed by atoms with van der Waals surface area (Å²) in [6, 6.07) is 5.15. The van der Waals surface area contributed by atoms with Crippen LogP contribution in [-0.4, -0.2) is 23.7 Å². The Hall–Kier alpha value is -0.810. The number of hydrogen-bond donors (Lipinski definition) is 1. The van der Waals surface area contributed by atoms with Gasteiger partial charge in [-0.15, -0.1) is 12.6 Å². The fourth-order valence-electron chi connectivity index (χ4n) is 1.37. The zero-order valence-corrected chi connectivity index (χ0v) is 11.9. The second kappa shape index (κ2) is 6.81. The number of benzene rings is 1. The number of carbonyl (C=O) groups is 2. The first kappa shape index (κ1) is 14.3. The molecule has 0 aliphatic carbocycles. The van der Waals surface area contributed by atoms with Gasteiger partial charge in [0, 0.05) is 11.3 Å². The number of ether oxygens (including phenoxy) is 1. The van der Waals surface area contributed by atoms with Crippen molar-refractivity contribution in [3.8, 4) is 0 Å². The van der Waals surface area contributed by atoms with E-state index in [1.165, 1.54) is 0 Å². The minimum absolute atomic E-state index is 0.0429. The molecule has 0 N–H and O–H groups in total. The molecule has 0 radical (unpaired) electrons.